The minimum Gasteiger partial charge on any atom is -0.477 e. The molecule has 0 saturated carbocycles. The van der Waals surface area contributed by atoms with Crippen molar-refractivity contribution >= 4 is 38.3 Å². The molecule has 1 N–H and O–H groups in total. The predicted molar refractivity (Wildman–Crippen MR) is 182 cm³/mol. The number of carbonyl (C=O) groups is 3. The average Bonchev–Trinajstić information content (AvgIpc) is 3.30. The fraction of sp³-hybridized carbons (Fsp3) is 0.788. The minimum absolute atomic E-state index is 0.0356. The van der Waals surface area contributed by atoms with Crippen molar-refractivity contribution in [1.29, 1.82) is 0 Å². The van der Waals surface area contributed by atoms with Crippen LogP contribution in [0.5, 0.6) is 0 Å². The Kier molecular flexibility index (Phi) is 13.5. The molecule has 0 radical (unpaired) electrons. The van der Waals surface area contributed by atoms with Crippen LogP contribution in [0.2, 0.25) is 18.1 Å². The number of hydrogen-bond donors (Lipinski definition) is 1. The van der Waals surface area contributed by atoms with Crippen molar-refractivity contribution in [2.24, 2.45) is 13.0 Å². The van der Waals surface area contributed by atoms with E-state index in [0.717, 1.165) is 69.1 Å². The second-order valence-electron chi connectivity index (χ2n) is 14.0. The van der Waals surface area contributed by atoms with Gasteiger partial charge in [0.05, 0.1) is 18.1 Å². The monoisotopic (exact) mass is 637 g/mol. The molecule has 1 aromatic rings. The number of unbranched alkanes of at least 4 members (excludes halogenated alkanes) is 3. The highest BCUT2D eigenvalue weighted by atomic mass is 31.2. The Bertz CT molecular complexity index is 1160. The van der Waals surface area contributed by atoms with Crippen molar-refractivity contribution < 1.29 is 23.9 Å². The number of aryl methyl sites for hydroxylation is 2. The van der Waals surface area contributed by atoms with E-state index in [1.54, 1.807) is 9.58 Å². The van der Waals surface area contributed by atoms with Gasteiger partial charge in [-0.05, 0) is 75.3 Å². The molecular weight excluding hydrogens is 577 g/mol. The molecule has 1 aromatic heterocycles. The number of aromatic nitrogens is 2. The number of carbonyl (C=O) groups excluding carboxylic acids is 2. The van der Waals surface area contributed by atoms with Gasteiger partial charge in [-0.3, -0.25) is 14.3 Å². The van der Waals surface area contributed by atoms with E-state index in [1.807, 2.05) is 27.0 Å². The lowest BCUT2D eigenvalue weighted by Crippen LogP contribution is -2.69. The second-order valence-corrected chi connectivity index (χ2v) is 22.8. The first-order chi connectivity index (χ1) is 20.0. The van der Waals surface area contributed by atoms with Gasteiger partial charge in [0.25, 0.3) is 0 Å². The second kappa shape index (κ2) is 15.5. The van der Waals surface area contributed by atoms with E-state index in [4.69, 9.17) is 4.43 Å². The summed E-state index contributed by atoms with van der Waals surface area (Å²) >= 11 is 0. The summed E-state index contributed by atoms with van der Waals surface area (Å²) in [5.74, 6) is -1.94. The van der Waals surface area contributed by atoms with Crippen LogP contribution in [-0.4, -0.2) is 81.8 Å². The molecule has 0 aliphatic carbocycles. The Morgan fingerprint density at radius 2 is 1.56 bits per heavy atom. The van der Waals surface area contributed by atoms with E-state index in [1.165, 1.54) is 0 Å². The highest BCUT2D eigenvalue weighted by Gasteiger charge is 2.56. The number of carboxylic acids is 1. The van der Waals surface area contributed by atoms with E-state index in [-0.39, 0.29) is 23.1 Å². The summed E-state index contributed by atoms with van der Waals surface area (Å²) in [5, 5.41) is 15.3. The Morgan fingerprint density at radius 1 is 1.05 bits per heavy atom. The van der Waals surface area contributed by atoms with Gasteiger partial charge < -0.3 is 14.4 Å². The van der Waals surface area contributed by atoms with Gasteiger partial charge in [0.1, 0.15) is 11.1 Å². The molecule has 1 amide bonds. The molecule has 10 heteroatoms. The molecule has 0 aromatic carbocycles. The maximum Gasteiger partial charge on any atom is 0.352 e. The molecule has 0 spiro atoms. The van der Waals surface area contributed by atoms with Crippen LogP contribution in [0.25, 0.3) is 0 Å². The van der Waals surface area contributed by atoms with E-state index in [9.17, 15) is 19.5 Å². The summed E-state index contributed by atoms with van der Waals surface area (Å²) in [6.45, 7) is 19.0. The van der Waals surface area contributed by atoms with Gasteiger partial charge in [0, 0.05) is 19.2 Å². The van der Waals surface area contributed by atoms with E-state index >= 15 is 0 Å². The van der Waals surface area contributed by atoms with Crippen LogP contribution in [0.4, 0.5) is 0 Å². The quantitative estimate of drug-likeness (QED) is 0.0778. The van der Waals surface area contributed by atoms with Gasteiger partial charge in [0.2, 0.25) is 5.91 Å². The number of hydrogen-bond acceptors (Lipinski definition) is 5. The molecule has 8 nitrogen and oxygen atoms in total. The summed E-state index contributed by atoms with van der Waals surface area (Å²) in [6, 6.07) is 1.25. The van der Waals surface area contributed by atoms with Gasteiger partial charge in [-0.2, -0.15) is 5.10 Å². The Morgan fingerprint density at radius 3 is 1.95 bits per heavy atom. The number of Topliss-reactive ketones (excluding diaryl/α,β-unsaturated/α-hetero) is 1. The predicted octanol–water partition coefficient (Wildman–Crippen LogP) is 7.43. The summed E-state index contributed by atoms with van der Waals surface area (Å²) in [5.41, 5.74) is 1.63. The van der Waals surface area contributed by atoms with E-state index in [2.05, 4.69) is 59.7 Å². The Hall–Kier alpha value is -1.70. The van der Waals surface area contributed by atoms with Crippen molar-refractivity contribution in [3.8, 4) is 0 Å². The smallest absolute Gasteiger partial charge is 0.352 e. The van der Waals surface area contributed by atoms with Crippen molar-refractivity contribution in [2.75, 3.05) is 18.5 Å². The summed E-state index contributed by atoms with van der Waals surface area (Å²) in [6.07, 6.45) is 8.58. The normalized spacial score (nSPS) is 18.5. The van der Waals surface area contributed by atoms with Gasteiger partial charge >= 0.3 is 5.97 Å². The summed E-state index contributed by atoms with van der Waals surface area (Å²) in [4.78, 5) is 42.9. The molecular formula is C33H60N3O5PSi. The van der Waals surface area contributed by atoms with Crippen LogP contribution in [0.3, 0.4) is 0 Å². The van der Waals surface area contributed by atoms with Crippen LogP contribution >= 0.6 is 6.89 Å². The fourth-order valence-electron chi connectivity index (χ4n) is 6.11. The fourth-order valence-corrected chi connectivity index (χ4v) is 12.7. The largest absolute Gasteiger partial charge is 0.477 e. The minimum atomic E-state index is -2.23. The Balaban J connectivity index is 2.72. The molecule has 246 valence electrons. The van der Waals surface area contributed by atoms with Gasteiger partial charge in [-0.25, -0.2) is 4.79 Å². The first kappa shape index (κ1) is 37.5. The zero-order chi connectivity index (χ0) is 32.8. The Labute approximate surface area is 262 Å². The van der Waals surface area contributed by atoms with Crippen LogP contribution in [0, 0.1) is 5.92 Å². The highest BCUT2D eigenvalue weighted by molar-refractivity contribution is 7.77. The van der Waals surface area contributed by atoms with Crippen molar-refractivity contribution in [1.82, 2.24) is 14.7 Å². The summed E-state index contributed by atoms with van der Waals surface area (Å²) < 4.78 is 8.44. The highest BCUT2D eigenvalue weighted by Crippen LogP contribution is 2.54. The number of rotatable bonds is 18. The van der Waals surface area contributed by atoms with Crippen LogP contribution < -0.4 is 0 Å². The van der Waals surface area contributed by atoms with Gasteiger partial charge in [-0.15, -0.1) is 0 Å². The van der Waals surface area contributed by atoms with Crippen LogP contribution in [0.1, 0.15) is 117 Å². The zero-order valence-corrected chi connectivity index (χ0v) is 30.9. The number of likely N-dealkylation sites (tertiary alicyclic amines) is 1. The lowest BCUT2D eigenvalue weighted by atomic mass is 9.80. The maximum absolute atomic E-state index is 14.2. The number of ketones is 1. The topological polar surface area (TPSA) is 102 Å². The van der Waals surface area contributed by atoms with Crippen molar-refractivity contribution in [3.05, 3.63) is 17.5 Å². The molecule has 1 aliphatic heterocycles. The third-order valence-electron chi connectivity index (χ3n) is 9.77. The molecule has 3 atom stereocenters. The van der Waals surface area contributed by atoms with Crippen molar-refractivity contribution in [3.63, 3.8) is 0 Å². The lowest BCUT2D eigenvalue weighted by molar-refractivity contribution is -0.155. The first-order valence-corrected chi connectivity index (χ1v) is 21.8. The van der Waals surface area contributed by atoms with Gasteiger partial charge in [-0.1, -0.05) is 74.6 Å². The molecule has 2 rings (SSSR count). The molecule has 3 unspecified atom stereocenters. The average molecular weight is 638 g/mol. The molecule has 1 fully saturated rings. The molecule has 2 heterocycles. The van der Waals surface area contributed by atoms with Gasteiger partial charge in [0.15, 0.2) is 14.1 Å². The molecule has 1 aliphatic rings. The number of carboxylic acid groups (broad SMARTS) is 1. The lowest BCUT2D eigenvalue weighted by Gasteiger charge is -2.52. The molecule has 0 bridgehead atoms. The number of nitrogens with zero attached hydrogens (tertiary/aromatic N) is 3. The number of amides is 1. The van der Waals surface area contributed by atoms with Crippen molar-refractivity contribution in [2.45, 2.75) is 137 Å². The van der Waals surface area contributed by atoms with E-state index < -0.39 is 39.2 Å². The first-order valence-electron chi connectivity index (χ1n) is 16.6. The SMILES string of the molecule is CCCCP(CCCC)(CCCC)=C(C(=O)O)N1C(=O)C(C(C)O[Si](C)(C)C(C)(C)C)C1CC(=O)c1cc(CC)n(C)n1. The zero-order valence-electron chi connectivity index (χ0n) is 29.0. The number of aliphatic carboxylic acids is 1. The van der Waals surface area contributed by atoms with E-state index in [0.29, 0.717) is 11.1 Å². The maximum atomic E-state index is 14.2. The molecule has 43 heavy (non-hydrogen) atoms. The number of β-lactam (4-membered cyclic amide) rings is 1. The summed E-state index contributed by atoms with van der Waals surface area (Å²) in [7, 11) is -0.403. The standard InChI is InChI=1S/C33H60N3O5PSi/c1-12-16-19-42(20-17-13-2,21-18-14-3)31(32(39)40)36-27(23-28(37)26-22-25(15-4)35(9)34-26)29(30(36)38)24(5)41-43(10,11)33(6,7)8/h22,24,27,29H,12-21,23H2,1-11H3,(H,39,40). The third kappa shape index (κ3) is 8.52. The van der Waals surface area contributed by atoms with Crippen LogP contribution in [0.15, 0.2) is 6.07 Å². The molecule has 1 saturated heterocycles. The van der Waals surface area contributed by atoms with Crippen LogP contribution in [-0.2, 0) is 27.5 Å². The third-order valence-corrected chi connectivity index (χ3v) is 19.2.